The molecule has 1 amide bonds. The minimum atomic E-state index is -0.743. The minimum Gasteiger partial charge on any atom is -0.284 e. The molecule has 78 valence electrons. The zero-order valence-electron chi connectivity index (χ0n) is 8.46. The molecule has 1 aromatic carbocycles. The molecule has 0 N–H and O–H groups in total. The minimum absolute atomic E-state index is 0.515. The molecule has 1 aliphatic heterocycles. The molecular formula is C13H9NO2. The van der Waals surface area contributed by atoms with Gasteiger partial charge >= 0.3 is 5.91 Å². The predicted octanol–water partition coefficient (Wildman–Crippen LogP) is 0.308. The summed E-state index contributed by atoms with van der Waals surface area (Å²) >= 11 is 0. The Labute approximate surface area is 92.1 Å². The number of nitrogens with zero attached hydrogens (tertiary/aromatic N) is 1. The number of fused-ring (bicyclic) bond motifs is 1. The van der Waals surface area contributed by atoms with E-state index in [1.54, 1.807) is 24.3 Å². The van der Waals surface area contributed by atoms with E-state index in [1.807, 2.05) is 18.2 Å². The van der Waals surface area contributed by atoms with Gasteiger partial charge in [0.1, 0.15) is 0 Å². The summed E-state index contributed by atoms with van der Waals surface area (Å²) in [5.74, 6) is -1.35. The summed E-state index contributed by atoms with van der Waals surface area (Å²) in [5.41, 5.74) is 0. The molecule has 0 saturated heterocycles. The van der Waals surface area contributed by atoms with Crippen molar-refractivity contribution in [1.29, 1.82) is 0 Å². The number of carbonyl (C=O) groups is 2. The van der Waals surface area contributed by atoms with Crippen LogP contribution in [-0.2, 0) is 9.59 Å². The van der Waals surface area contributed by atoms with Crippen molar-refractivity contribution >= 4 is 17.8 Å². The molecular weight excluding hydrogens is 202 g/mol. The smallest absolute Gasteiger partial charge is 0.284 e. The van der Waals surface area contributed by atoms with Crippen molar-refractivity contribution in [2.75, 3.05) is 0 Å². The van der Waals surface area contributed by atoms with Crippen LogP contribution in [0.5, 0.6) is 0 Å². The van der Waals surface area contributed by atoms with Crippen LogP contribution >= 0.6 is 0 Å². The number of benzene rings is 1. The lowest BCUT2D eigenvalue weighted by Crippen LogP contribution is -2.27. The number of ketones is 1. The third-order valence-electron chi connectivity index (χ3n) is 2.12. The largest absolute Gasteiger partial charge is 0.317 e. The number of hydrogen-bond donors (Lipinski definition) is 0. The number of amides is 1. The van der Waals surface area contributed by atoms with Crippen LogP contribution in [0.1, 0.15) is 0 Å². The fourth-order valence-electron chi connectivity index (χ4n) is 1.33. The van der Waals surface area contributed by atoms with E-state index in [9.17, 15) is 9.59 Å². The average molecular weight is 211 g/mol. The van der Waals surface area contributed by atoms with E-state index in [-0.39, 0.29) is 0 Å². The number of para-hydroxylation sites is 1. The molecule has 0 unspecified atom stereocenters. The summed E-state index contributed by atoms with van der Waals surface area (Å²) in [6, 6.07) is 7.17. The van der Waals surface area contributed by atoms with Crippen molar-refractivity contribution in [1.82, 2.24) is 0 Å². The van der Waals surface area contributed by atoms with E-state index in [4.69, 9.17) is 0 Å². The Morgan fingerprint density at radius 3 is 2.62 bits per heavy atom. The predicted molar refractivity (Wildman–Crippen MR) is 60.0 cm³/mol. The highest BCUT2D eigenvalue weighted by Crippen LogP contribution is 1.86. The normalized spacial score (nSPS) is 21.1. The number of hydrogen-bond acceptors (Lipinski definition) is 2. The van der Waals surface area contributed by atoms with Crippen molar-refractivity contribution in [3.63, 3.8) is 0 Å². The zero-order valence-corrected chi connectivity index (χ0v) is 8.46. The van der Waals surface area contributed by atoms with Gasteiger partial charge in [-0.3, -0.25) is 9.59 Å². The van der Waals surface area contributed by atoms with Crippen LogP contribution in [0.3, 0.4) is 0 Å². The second-order valence-electron chi connectivity index (χ2n) is 3.25. The topological polar surface area (TPSA) is 46.5 Å². The molecule has 3 nitrogen and oxygen atoms in total. The van der Waals surface area contributed by atoms with E-state index >= 15 is 0 Å². The highest BCUT2D eigenvalue weighted by atomic mass is 16.2. The van der Waals surface area contributed by atoms with Gasteiger partial charge in [-0.25, -0.2) is 4.99 Å². The fraction of sp³-hybridized carbons (Fsp3) is 0. The maximum atomic E-state index is 11.4. The molecule has 0 aliphatic carbocycles. The van der Waals surface area contributed by atoms with Gasteiger partial charge in [-0.1, -0.05) is 42.5 Å². The van der Waals surface area contributed by atoms with Crippen LogP contribution in [-0.4, -0.2) is 11.7 Å². The first-order valence-electron chi connectivity index (χ1n) is 4.84. The molecule has 16 heavy (non-hydrogen) atoms. The molecule has 0 bridgehead atoms. The van der Waals surface area contributed by atoms with Gasteiger partial charge in [-0.15, -0.1) is 0 Å². The lowest BCUT2D eigenvalue weighted by atomic mass is 10.2. The first kappa shape index (κ1) is 10.2. The van der Waals surface area contributed by atoms with Gasteiger partial charge in [0.05, 0.1) is 5.36 Å². The average Bonchev–Trinajstić information content (AvgIpc) is 2.30. The molecule has 1 aromatic rings. The fourth-order valence-corrected chi connectivity index (χ4v) is 1.33. The van der Waals surface area contributed by atoms with Crippen LogP contribution < -0.4 is 10.6 Å². The zero-order chi connectivity index (χ0) is 11.4. The third kappa shape index (κ3) is 2.20. The van der Waals surface area contributed by atoms with Gasteiger partial charge in [-0.2, -0.15) is 0 Å². The van der Waals surface area contributed by atoms with Crippen molar-refractivity contribution in [3.8, 4) is 0 Å². The first-order chi connectivity index (χ1) is 7.77. The Balaban J connectivity index is 2.71. The highest BCUT2D eigenvalue weighted by molar-refractivity contribution is 6.41. The molecule has 0 aromatic heterocycles. The maximum Gasteiger partial charge on any atom is 0.317 e. The maximum absolute atomic E-state index is 11.4. The van der Waals surface area contributed by atoms with Gasteiger partial charge in [0.15, 0.2) is 0 Å². The van der Waals surface area contributed by atoms with Crippen LogP contribution in [0.4, 0.5) is 0 Å². The summed E-state index contributed by atoms with van der Waals surface area (Å²) in [4.78, 5) is 26.4. The van der Waals surface area contributed by atoms with Gasteiger partial charge in [0.2, 0.25) is 5.78 Å². The summed E-state index contributed by atoms with van der Waals surface area (Å²) in [6.45, 7) is 0. The molecule has 0 saturated carbocycles. The van der Waals surface area contributed by atoms with Crippen LogP contribution in [0.15, 0.2) is 53.6 Å². The van der Waals surface area contributed by atoms with Gasteiger partial charge in [-0.05, 0) is 12.1 Å². The van der Waals surface area contributed by atoms with Crippen molar-refractivity contribution < 1.29 is 9.59 Å². The number of carbonyl (C=O) groups excluding carboxylic acids is 2. The summed E-state index contributed by atoms with van der Waals surface area (Å²) in [6.07, 6.45) is 8.08. The Morgan fingerprint density at radius 2 is 1.75 bits per heavy atom. The monoisotopic (exact) mass is 211 g/mol. The van der Waals surface area contributed by atoms with Crippen molar-refractivity contribution in [2.45, 2.75) is 0 Å². The molecule has 0 radical (unpaired) electrons. The Bertz CT molecular complexity index is 609. The molecule has 1 heterocycles. The van der Waals surface area contributed by atoms with Gasteiger partial charge in [0, 0.05) is 5.22 Å². The van der Waals surface area contributed by atoms with E-state index in [1.165, 1.54) is 12.2 Å². The Morgan fingerprint density at radius 1 is 0.938 bits per heavy atom. The Kier molecular flexibility index (Phi) is 2.87. The highest BCUT2D eigenvalue weighted by Gasteiger charge is 2.07. The van der Waals surface area contributed by atoms with Gasteiger partial charge in [0.25, 0.3) is 0 Å². The van der Waals surface area contributed by atoms with Crippen LogP contribution in [0.25, 0.3) is 6.08 Å². The van der Waals surface area contributed by atoms with Crippen molar-refractivity contribution in [2.24, 2.45) is 4.99 Å². The molecule has 1 aliphatic rings. The number of allylic oxidation sites excluding steroid dienone is 3. The lowest BCUT2D eigenvalue weighted by Gasteiger charge is -1.91. The quantitative estimate of drug-likeness (QED) is 0.580. The van der Waals surface area contributed by atoms with E-state index in [0.717, 1.165) is 5.22 Å². The Hall–Kier alpha value is -2.29. The first-order valence-corrected chi connectivity index (χ1v) is 4.84. The molecule has 0 fully saturated rings. The molecule has 0 spiro atoms. The third-order valence-corrected chi connectivity index (χ3v) is 2.12. The molecule has 0 atom stereocenters. The SMILES string of the molecule is O=C1\C=C/C=C/C=c2/ccccc2=NC1=O. The summed E-state index contributed by atoms with van der Waals surface area (Å²) in [5, 5.41) is 1.33. The van der Waals surface area contributed by atoms with Gasteiger partial charge < -0.3 is 0 Å². The van der Waals surface area contributed by atoms with E-state index in [2.05, 4.69) is 4.99 Å². The van der Waals surface area contributed by atoms with Crippen LogP contribution in [0.2, 0.25) is 0 Å². The summed E-state index contributed by atoms with van der Waals surface area (Å²) in [7, 11) is 0. The van der Waals surface area contributed by atoms with E-state index in [0.29, 0.717) is 5.36 Å². The lowest BCUT2D eigenvalue weighted by molar-refractivity contribution is -0.133. The standard InChI is InChI=1S/C13H9NO2/c15-12-9-3-1-2-6-10-7-4-5-8-11(10)14-13(12)16/h1-9H/b2-1+,9-3-,10-6-,14-11?. The molecule has 2 rings (SSSR count). The van der Waals surface area contributed by atoms with Crippen LogP contribution in [0, 0.1) is 0 Å². The second-order valence-corrected chi connectivity index (χ2v) is 3.25. The molecule has 3 heteroatoms. The summed E-state index contributed by atoms with van der Waals surface area (Å²) < 4.78 is 0. The second kappa shape index (κ2) is 4.49. The number of rotatable bonds is 0. The van der Waals surface area contributed by atoms with Crippen molar-refractivity contribution in [3.05, 3.63) is 59.1 Å². The van der Waals surface area contributed by atoms with E-state index < -0.39 is 11.7 Å².